The Balaban J connectivity index is 1.80. The average molecular weight is 287 g/mol. The summed E-state index contributed by atoms with van der Waals surface area (Å²) in [7, 11) is 0. The first-order valence-corrected chi connectivity index (χ1v) is 7.03. The van der Waals surface area contributed by atoms with Gasteiger partial charge in [0.05, 0.1) is 0 Å². The molecule has 3 amide bonds. The molecule has 0 aliphatic carbocycles. The number of para-hydroxylation sites is 1. The van der Waals surface area contributed by atoms with E-state index in [-0.39, 0.29) is 17.7 Å². The molecule has 0 bridgehead atoms. The van der Waals surface area contributed by atoms with Gasteiger partial charge in [0.2, 0.25) is 17.7 Å². The van der Waals surface area contributed by atoms with Crippen LogP contribution in [-0.4, -0.2) is 36.3 Å². The van der Waals surface area contributed by atoms with Gasteiger partial charge >= 0.3 is 0 Å². The first kappa shape index (κ1) is 13.6. The topological polar surface area (TPSA) is 78.5 Å². The number of amides is 3. The largest absolute Gasteiger partial charge is 0.354 e. The highest BCUT2D eigenvalue weighted by Crippen LogP contribution is 2.32. The van der Waals surface area contributed by atoms with Crippen LogP contribution in [0.2, 0.25) is 0 Å². The third-order valence-corrected chi connectivity index (χ3v) is 3.98. The van der Waals surface area contributed by atoms with Crippen molar-refractivity contribution in [2.45, 2.75) is 31.8 Å². The first-order valence-electron chi connectivity index (χ1n) is 7.03. The van der Waals surface area contributed by atoms with Gasteiger partial charge in [-0.15, -0.1) is 0 Å². The second kappa shape index (κ2) is 5.20. The lowest BCUT2D eigenvalue weighted by molar-refractivity contribution is -0.129. The maximum absolute atomic E-state index is 12.4. The molecule has 2 aliphatic rings. The van der Waals surface area contributed by atoms with Crippen LogP contribution in [0.25, 0.3) is 0 Å². The molecule has 1 aromatic rings. The molecule has 21 heavy (non-hydrogen) atoms. The van der Waals surface area contributed by atoms with E-state index in [4.69, 9.17) is 0 Å². The predicted molar refractivity (Wildman–Crippen MR) is 76.7 cm³/mol. The van der Waals surface area contributed by atoms with Crippen molar-refractivity contribution in [3.8, 4) is 0 Å². The summed E-state index contributed by atoms with van der Waals surface area (Å²) >= 11 is 0. The minimum absolute atomic E-state index is 0.159. The highest BCUT2D eigenvalue weighted by Gasteiger charge is 2.38. The van der Waals surface area contributed by atoms with Crippen LogP contribution in [-0.2, 0) is 20.8 Å². The molecule has 110 valence electrons. The molecular formula is C15H17N3O3. The number of benzene rings is 1. The molecule has 6 heteroatoms. The van der Waals surface area contributed by atoms with Crippen LogP contribution in [0.1, 0.15) is 18.9 Å². The van der Waals surface area contributed by atoms with Gasteiger partial charge in [-0.25, -0.2) is 0 Å². The van der Waals surface area contributed by atoms with Crippen molar-refractivity contribution >= 4 is 23.4 Å². The highest BCUT2D eigenvalue weighted by molar-refractivity contribution is 6.03. The predicted octanol–water partition coefficient (Wildman–Crippen LogP) is -0.0311. The molecular weight excluding hydrogens is 270 g/mol. The number of rotatable bonds is 2. The quantitative estimate of drug-likeness (QED) is 0.801. The van der Waals surface area contributed by atoms with E-state index < -0.39 is 12.1 Å². The zero-order valence-corrected chi connectivity index (χ0v) is 11.8. The van der Waals surface area contributed by atoms with E-state index in [0.717, 1.165) is 11.3 Å². The molecule has 0 saturated carbocycles. The number of nitrogens with zero attached hydrogens (tertiary/aromatic N) is 1. The van der Waals surface area contributed by atoms with Gasteiger partial charge in [-0.05, 0) is 18.1 Å². The van der Waals surface area contributed by atoms with Crippen LogP contribution in [0.15, 0.2) is 24.3 Å². The summed E-state index contributed by atoms with van der Waals surface area (Å²) in [5.41, 5.74) is 1.75. The fourth-order valence-corrected chi connectivity index (χ4v) is 2.98. The molecule has 1 fully saturated rings. The van der Waals surface area contributed by atoms with E-state index in [1.54, 1.807) is 0 Å². The summed E-state index contributed by atoms with van der Waals surface area (Å²) in [5, 5.41) is 5.43. The molecule has 3 rings (SSSR count). The second-order valence-electron chi connectivity index (χ2n) is 5.38. The smallest absolute Gasteiger partial charge is 0.244 e. The fourth-order valence-electron chi connectivity index (χ4n) is 2.98. The van der Waals surface area contributed by atoms with E-state index in [1.165, 1.54) is 11.8 Å². The van der Waals surface area contributed by atoms with E-state index in [9.17, 15) is 14.4 Å². The van der Waals surface area contributed by atoms with Gasteiger partial charge in [-0.3, -0.25) is 19.3 Å². The van der Waals surface area contributed by atoms with Crippen LogP contribution >= 0.6 is 0 Å². The minimum Gasteiger partial charge on any atom is -0.354 e. The van der Waals surface area contributed by atoms with Crippen LogP contribution < -0.4 is 15.5 Å². The van der Waals surface area contributed by atoms with Gasteiger partial charge < -0.3 is 10.6 Å². The van der Waals surface area contributed by atoms with Crippen molar-refractivity contribution in [1.82, 2.24) is 10.6 Å². The lowest BCUT2D eigenvalue weighted by Gasteiger charge is -2.24. The van der Waals surface area contributed by atoms with Gasteiger partial charge in [0, 0.05) is 25.6 Å². The highest BCUT2D eigenvalue weighted by atomic mass is 16.2. The Hall–Kier alpha value is -2.37. The van der Waals surface area contributed by atoms with E-state index in [1.807, 2.05) is 24.3 Å². The van der Waals surface area contributed by atoms with Crippen molar-refractivity contribution in [2.75, 3.05) is 11.4 Å². The molecule has 2 N–H and O–H groups in total. The summed E-state index contributed by atoms with van der Waals surface area (Å²) in [4.78, 5) is 37.4. The Labute approximate surface area is 122 Å². The zero-order chi connectivity index (χ0) is 15.0. The van der Waals surface area contributed by atoms with Crippen LogP contribution in [0.3, 0.4) is 0 Å². The van der Waals surface area contributed by atoms with Gasteiger partial charge in [0.15, 0.2) is 0 Å². The standard InChI is InChI=1S/C15H17N3O3/c1-9(19)18-12-5-3-2-4-10(12)8-13(18)15(21)17-11-6-7-16-14(11)20/h2-5,11,13H,6-8H2,1H3,(H,16,20)(H,17,21)/t11-,13-/m0/s1. The van der Waals surface area contributed by atoms with Crippen molar-refractivity contribution in [3.63, 3.8) is 0 Å². The molecule has 2 aliphatic heterocycles. The van der Waals surface area contributed by atoms with Crippen LogP contribution in [0, 0.1) is 0 Å². The fraction of sp³-hybridized carbons (Fsp3) is 0.400. The van der Waals surface area contributed by atoms with Crippen LogP contribution in [0.5, 0.6) is 0 Å². The molecule has 0 spiro atoms. The SMILES string of the molecule is CC(=O)N1c2ccccc2C[C@H]1C(=O)N[C@H]1CCNC1=O. The number of carbonyl (C=O) groups is 3. The zero-order valence-electron chi connectivity index (χ0n) is 11.8. The van der Waals surface area contributed by atoms with Gasteiger partial charge in [-0.1, -0.05) is 18.2 Å². The Morgan fingerprint density at radius 3 is 2.76 bits per heavy atom. The van der Waals surface area contributed by atoms with Crippen molar-refractivity contribution in [1.29, 1.82) is 0 Å². The second-order valence-corrected chi connectivity index (χ2v) is 5.38. The monoisotopic (exact) mass is 287 g/mol. The summed E-state index contributed by atoms with van der Waals surface area (Å²) in [5.74, 6) is -0.604. The number of hydrogen-bond donors (Lipinski definition) is 2. The molecule has 0 aromatic heterocycles. The summed E-state index contributed by atoms with van der Waals surface area (Å²) in [6, 6.07) is 6.43. The molecule has 0 radical (unpaired) electrons. The van der Waals surface area contributed by atoms with Crippen molar-refractivity contribution in [3.05, 3.63) is 29.8 Å². The van der Waals surface area contributed by atoms with E-state index in [0.29, 0.717) is 19.4 Å². The average Bonchev–Trinajstić information content (AvgIpc) is 3.02. The number of carbonyl (C=O) groups excluding carboxylic acids is 3. The minimum atomic E-state index is -0.576. The number of fused-ring (bicyclic) bond motifs is 1. The third kappa shape index (κ3) is 2.37. The Bertz CT molecular complexity index is 614. The molecule has 2 atom stereocenters. The number of anilines is 1. The first-order chi connectivity index (χ1) is 10.1. The maximum atomic E-state index is 12.4. The maximum Gasteiger partial charge on any atom is 0.244 e. The molecule has 1 saturated heterocycles. The Kier molecular flexibility index (Phi) is 3.37. The third-order valence-electron chi connectivity index (χ3n) is 3.98. The van der Waals surface area contributed by atoms with E-state index >= 15 is 0 Å². The molecule has 2 heterocycles. The van der Waals surface area contributed by atoms with Gasteiger partial charge in [0.25, 0.3) is 0 Å². The van der Waals surface area contributed by atoms with Crippen molar-refractivity contribution < 1.29 is 14.4 Å². The normalized spacial score (nSPS) is 23.7. The molecule has 1 aromatic carbocycles. The summed E-state index contributed by atoms with van der Waals surface area (Å²) in [6.45, 7) is 2.02. The Morgan fingerprint density at radius 1 is 1.33 bits per heavy atom. The molecule has 0 unspecified atom stereocenters. The lowest BCUT2D eigenvalue weighted by Crippen LogP contribution is -2.51. The van der Waals surface area contributed by atoms with E-state index in [2.05, 4.69) is 10.6 Å². The number of nitrogens with one attached hydrogen (secondary N) is 2. The summed E-state index contributed by atoms with van der Waals surface area (Å²) < 4.78 is 0. The number of hydrogen-bond acceptors (Lipinski definition) is 3. The Morgan fingerprint density at radius 2 is 2.10 bits per heavy atom. The lowest BCUT2D eigenvalue weighted by atomic mass is 10.1. The van der Waals surface area contributed by atoms with Crippen LogP contribution in [0.4, 0.5) is 5.69 Å². The van der Waals surface area contributed by atoms with Gasteiger partial charge in [-0.2, -0.15) is 0 Å². The van der Waals surface area contributed by atoms with Gasteiger partial charge in [0.1, 0.15) is 12.1 Å². The van der Waals surface area contributed by atoms with Crippen molar-refractivity contribution in [2.24, 2.45) is 0 Å². The molecule has 6 nitrogen and oxygen atoms in total. The summed E-state index contributed by atoms with van der Waals surface area (Å²) in [6.07, 6.45) is 1.07.